The van der Waals surface area contributed by atoms with Gasteiger partial charge in [-0.05, 0) is 49.4 Å². The SMILES string of the molecule is Cc1ccc(C)c(CC(N)Cc2ccccc2F)c1. The molecule has 0 saturated heterocycles. The van der Waals surface area contributed by atoms with Gasteiger partial charge >= 0.3 is 0 Å². The summed E-state index contributed by atoms with van der Waals surface area (Å²) in [4.78, 5) is 0. The summed E-state index contributed by atoms with van der Waals surface area (Å²) in [6, 6.07) is 13.2. The van der Waals surface area contributed by atoms with Gasteiger partial charge in [0, 0.05) is 6.04 Å². The lowest BCUT2D eigenvalue weighted by atomic mass is 9.95. The van der Waals surface area contributed by atoms with E-state index in [0.29, 0.717) is 12.0 Å². The molecule has 1 atom stereocenters. The van der Waals surface area contributed by atoms with Crippen LogP contribution in [0.5, 0.6) is 0 Å². The van der Waals surface area contributed by atoms with Crippen LogP contribution in [-0.4, -0.2) is 6.04 Å². The van der Waals surface area contributed by atoms with Crippen molar-refractivity contribution in [3.05, 3.63) is 70.5 Å². The molecule has 0 spiro atoms. The molecule has 0 aliphatic carbocycles. The largest absolute Gasteiger partial charge is 0.327 e. The van der Waals surface area contributed by atoms with E-state index < -0.39 is 0 Å². The maximum Gasteiger partial charge on any atom is 0.126 e. The van der Waals surface area contributed by atoms with Gasteiger partial charge < -0.3 is 5.73 Å². The molecule has 0 amide bonds. The van der Waals surface area contributed by atoms with E-state index >= 15 is 0 Å². The van der Waals surface area contributed by atoms with Gasteiger partial charge in [0.15, 0.2) is 0 Å². The number of hydrogen-bond donors (Lipinski definition) is 1. The number of halogens is 1. The molecule has 0 fully saturated rings. The number of aryl methyl sites for hydroxylation is 2. The Morgan fingerprint density at radius 1 is 1.00 bits per heavy atom. The highest BCUT2D eigenvalue weighted by atomic mass is 19.1. The quantitative estimate of drug-likeness (QED) is 0.890. The van der Waals surface area contributed by atoms with Crippen LogP contribution in [-0.2, 0) is 12.8 Å². The molecule has 0 aliphatic heterocycles. The molecular weight excluding hydrogens is 237 g/mol. The summed E-state index contributed by atoms with van der Waals surface area (Å²) in [5.41, 5.74) is 10.6. The Hall–Kier alpha value is -1.67. The van der Waals surface area contributed by atoms with Crippen LogP contribution >= 0.6 is 0 Å². The molecular formula is C17H20FN. The Labute approximate surface area is 114 Å². The predicted octanol–water partition coefficient (Wildman–Crippen LogP) is 3.56. The lowest BCUT2D eigenvalue weighted by molar-refractivity contribution is 0.583. The zero-order chi connectivity index (χ0) is 13.8. The van der Waals surface area contributed by atoms with E-state index in [1.54, 1.807) is 12.1 Å². The van der Waals surface area contributed by atoms with Crippen molar-refractivity contribution in [1.29, 1.82) is 0 Å². The van der Waals surface area contributed by atoms with Gasteiger partial charge in [0.25, 0.3) is 0 Å². The van der Waals surface area contributed by atoms with Crippen LogP contribution in [0.15, 0.2) is 42.5 Å². The van der Waals surface area contributed by atoms with Gasteiger partial charge in [-0.2, -0.15) is 0 Å². The molecule has 2 rings (SSSR count). The summed E-state index contributed by atoms with van der Waals surface area (Å²) in [5, 5.41) is 0. The van der Waals surface area contributed by atoms with E-state index in [4.69, 9.17) is 5.73 Å². The minimum atomic E-state index is -0.168. The fourth-order valence-corrected chi connectivity index (χ4v) is 2.32. The molecule has 2 heteroatoms. The third kappa shape index (κ3) is 3.65. The van der Waals surface area contributed by atoms with Crippen LogP contribution in [0.4, 0.5) is 4.39 Å². The fraction of sp³-hybridized carbons (Fsp3) is 0.294. The van der Waals surface area contributed by atoms with Gasteiger partial charge in [-0.3, -0.25) is 0 Å². The highest BCUT2D eigenvalue weighted by Gasteiger charge is 2.10. The Bertz CT molecular complexity index is 563. The van der Waals surface area contributed by atoms with Crippen molar-refractivity contribution >= 4 is 0 Å². The van der Waals surface area contributed by atoms with E-state index in [9.17, 15) is 4.39 Å². The lowest BCUT2D eigenvalue weighted by Gasteiger charge is -2.14. The average Bonchev–Trinajstić information content (AvgIpc) is 2.37. The maximum absolute atomic E-state index is 13.6. The number of benzene rings is 2. The first-order valence-corrected chi connectivity index (χ1v) is 6.61. The van der Waals surface area contributed by atoms with Crippen LogP contribution in [0, 0.1) is 19.7 Å². The summed E-state index contributed by atoms with van der Waals surface area (Å²) >= 11 is 0. The minimum absolute atomic E-state index is 0.0580. The van der Waals surface area contributed by atoms with Crippen LogP contribution in [0.3, 0.4) is 0 Å². The van der Waals surface area contributed by atoms with Crippen molar-refractivity contribution in [1.82, 2.24) is 0 Å². The second-order valence-corrected chi connectivity index (χ2v) is 5.19. The van der Waals surface area contributed by atoms with Crippen molar-refractivity contribution in [3.8, 4) is 0 Å². The van der Waals surface area contributed by atoms with Crippen molar-refractivity contribution in [2.24, 2.45) is 5.73 Å². The number of hydrogen-bond acceptors (Lipinski definition) is 1. The van der Waals surface area contributed by atoms with E-state index in [2.05, 4.69) is 32.0 Å². The van der Waals surface area contributed by atoms with Crippen molar-refractivity contribution in [2.75, 3.05) is 0 Å². The predicted molar refractivity (Wildman–Crippen MR) is 77.7 cm³/mol. The third-order valence-electron chi connectivity index (χ3n) is 3.43. The maximum atomic E-state index is 13.6. The monoisotopic (exact) mass is 257 g/mol. The van der Waals surface area contributed by atoms with Gasteiger partial charge in [-0.25, -0.2) is 4.39 Å². The highest BCUT2D eigenvalue weighted by molar-refractivity contribution is 5.31. The van der Waals surface area contributed by atoms with Crippen LogP contribution in [0.2, 0.25) is 0 Å². The lowest BCUT2D eigenvalue weighted by Crippen LogP contribution is -2.26. The van der Waals surface area contributed by atoms with Crippen LogP contribution in [0.1, 0.15) is 22.3 Å². The molecule has 0 heterocycles. The fourth-order valence-electron chi connectivity index (χ4n) is 2.32. The topological polar surface area (TPSA) is 26.0 Å². The van der Waals surface area contributed by atoms with E-state index in [1.165, 1.54) is 22.8 Å². The third-order valence-corrected chi connectivity index (χ3v) is 3.43. The van der Waals surface area contributed by atoms with E-state index in [-0.39, 0.29) is 11.9 Å². The van der Waals surface area contributed by atoms with Crippen molar-refractivity contribution in [3.63, 3.8) is 0 Å². The second kappa shape index (κ2) is 5.98. The molecule has 1 unspecified atom stereocenters. The average molecular weight is 257 g/mol. The molecule has 0 aliphatic rings. The van der Waals surface area contributed by atoms with Crippen molar-refractivity contribution < 1.29 is 4.39 Å². The van der Waals surface area contributed by atoms with Crippen LogP contribution < -0.4 is 5.73 Å². The molecule has 2 aromatic carbocycles. The first-order valence-electron chi connectivity index (χ1n) is 6.61. The minimum Gasteiger partial charge on any atom is -0.327 e. The Balaban J connectivity index is 2.07. The number of rotatable bonds is 4. The molecule has 0 radical (unpaired) electrons. The molecule has 0 bridgehead atoms. The van der Waals surface area contributed by atoms with E-state index in [0.717, 1.165) is 6.42 Å². The standard InChI is InChI=1S/C17H20FN/c1-12-7-8-13(2)15(9-12)11-16(19)10-14-5-3-4-6-17(14)18/h3-9,16H,10-11,19H2,1-2H3. The van der Waals surface area contributed by atoms with Gasteiger partial charge in [0.05, 0.1) is 0 Å². The van der Waals surface area contributed by atoms with Gasteiger partial charge in [-0.1, -0.05) is 42.0 Å². The normalized spacial score (nSPS) is 12.4. The molecule has 19 heavy (non-hydrogen) atoms. The number of nitrogens with two attached hydrogens (primary N) is 1. The highest BCUT2D eigenvalue weighted by Crippen LogP contribution is 2.15. The van der Waals surface area contributed by atoms with Gasteiger partial charge in [-0.15, -0.1) is 0 Å². The molecule has 2 N–H and O–H groups in total. The van der Waals surface area contributed by atoms with Gasteiger partial charge in [0.1, 0.15) is 5.82 Å². The summed E-state index contributed by atoms with van der Waals surface area (Å²) in [6.45, 7) is 4.16. The van der Waals surface area contributed by atoms with Crippen molar-refractivity contribution in [2.45, 2.75) is 32.7 Å². The molecule has 1 nitrogen and oxygen atoms in total. The summed E-state index contributed by atoms with van der Waals surface area (Å²) in [6.07, 6.45) is 1.35. The zero-order valence-electron chi connectivity index (χ0n) is 11.5. The summed E-state index contributed by atoms with van der Waals surface area (Å²) in [7, 11) is 0. The van der Waals surface area contributed by atoms with Gasteiger partial charge in [0.2, 0.25) is 0 Å². The Morgan fingerprint density at radius 2 is 1.68 bits per heavy atom. The first-order chi connectivity index (χ1) is 9.06. The Morgan fingerprint density at radius 3 is 2.42 bits per heavy atom. The first kappa shape index (κ1) is 13.8. The summed E-state index contributed by atoms with van der Waals surface area (Å²) < 4.78 is 13.6. The summed E-state index contributed by atoms with van der Waals surface area (Å²) in [5.74, 6) is -0.168. The molecule has 100 valence electrons. The zero-order valence-corrected chi connectivity index (χ0v) is 11.5. The molecule has 0 saturated carbocycles. The smallest absolute Gasteiger partial charge is 0.126 e. The molecule has 2 aromatic rings. The Kier molecular flexibility index (Phi) is 4.33. The van der Waals surface area contributed by atoms with E-state index in [1.807, 2.05) is 6.07 Å². The van der Waals surface area contributed by atoms with Crippen LogP contribution in [0.25, 0.3) is 0 Å². The second-order valence-electron chi connectivity index (χ2n) is 5.19. The molecule has 0 aromatic heterocycles.